The van der Waals surface area contributed by atoms with E-state index in [-0.39, 0.29) is 28.6 Å². The van der Waals surface area contributed by atoms with E-state index in [1.54, 1.807) is 0 Å². The summed E-state index contributed by atoms with van der Waals surface area (Å²) in [6.07, 6.45) is -1.47. The van der Waals surface area contributed by atoms with E-state index in [1.807, 2.05) is 0 Å². The number of hydrogen-bond acceptors (Lipinski definition) is 8. The largest absolute Gasteiger partial charge is 0.465 e. The third-order valence-electron chi connectivity index (χ3n) is 8.33. The van der Waals surface area contributed by atoms with Crippen molar-refractivity contribution < 1.29 is 39.4 Å². The molecule has 0 radical (unpaired) electrons. The van der Waals surface area contributed by atoms with Crippen molar-refractivity contribution in [2.75, 3.05) is 19.8 Å². The quantitative estimate of drug-likeness (QED) is 0.481. The molecule has 4 N–H and O–H groups in total. The van der Waals surface area contributed by atoms with Crippen LogP contribution in [0.15, 0.2) is 0 Å². The van der Waals surface area contributed by atoms with Crippen molar-refractivity contribution in [3.63, 3.8) is 0 Å². The molecule has 2 aliphatic heterocycles. The zero-order valence-electron chi connectivity index (χ0n) is 17.2. The molecule has 29 heavy (non-hydrogen) atoms. The van der Waals surface area contributed by atoms with Gasteiger partial charge < -0.3 is 34.6 Å². The molecular formula is C21H34O8. The minimum Gasteiger partial charge on any atom is -0.465 e. The first kappa shape index (κ1) is 21.5. The highest BCUT2D eigenvalue weighted by atomic mass is 16.7. The number of carbonyl (C=O) groups is 1. The van der Waals surface area contributed by atoms with Crippen molar-refractivity contribution in [1.82, 2.24) is 0 Å². The van der Waals surface area contributed by atoms with Crippen LogP contribution in [0.5, 0.6) is 0 Å². The molecule has 0 unspecified atom stereocenters. The van der Waals surface area contributed by atoms with Gasteiger partial charge in [0.15, 0.2) is 6.29 Å². The van der Waals surface area contributed by atoms with Crippen LogP contribution in [0, 0.1) is 28.6 Å². The second-order valence-corrected chi connectivity index (χ2v) is 9.99. The van der Waals surface area contributed by atoms with Crippen molar-refractivity contribution in [2.24, 2.45) is 28.6 Å². The molecule has 166 valence electrons. The summed E-state index contributed by atoms with van der Waals surface area (Å²) in [4.78, 5) is 12.1. The highest BCUT2D eigenvalue weighted by Gasteiger charge is 2.60. The number of rotatable bonds is 4. The summed E-state index contributed by atoms with van der Waals surface area (Å²) < 4.78 is 16.9. The lowest BCUT2D eigenvalue weighted by Gasteiger charge is -2.58. The molecule has 8 heteroatoms. The second kappa shape index (κ2) is 7.73. The fourth-order valence-corrected chi connectivity index (χ4v) is 6.66. The topological polar surface area (TPSA) is 126 Å². The van der Waals surface area contributed by atoms with E-state index < -0.39 is 37.3 Å². The van der Waals surface area contributed by atoms with Gasteiger partial charge in [0.05, 0.1) is 25.7 Å². The van der Waals surface area contributed by atoms with Gasteiger partial charge in [0.1, 0.15) is 24.4 Å². The summed E-state index contributed by atoms with van der Waals surface area (Å²) in [5, 5.41) is 39.6. The number of cyclic esters (lactones) is 1. The monoisotopic (exact) mass is 414 g/mol. The lowest BCUT2D eigenvalue weighted by molar-refractivity contribution is -0.309. The first-order valence-electron chi connectivity index (χ1n) is 10.8. The Labute approximate surface area is 171 Å². The van der Waals surface area contributed by atoms with E-state index in [1.165, 1.54) is 0 Å². The molecule has 0 spiro atoms. The van der Waals surface area contributed by atoms with E-state index in [2.05, 4.69) is 13.8 Å². The van der Waals surface area contributed by atoms with Crippen molar-refractivity contribution in [1.29, 1.82) is 0 Å². The lowest BCUT2D eigenvalue weighted by atomic mass is 9.46. The summed E-state index contributed by atoms with van der Waals surface area (Å²) in [6, 6.07) is 0. The molecule has 2 saturated carbocycles. The number of carbonyl (C=O) groups excluding carboxylic acids is 1. The highest BCUT2D eigenvalue weighted by Crippen LogP contribution is 2.62. The molecule has 2 aliphatic carbocycles. The highest BCUT2D eigenvalue weighted by molar-refractivity contribution is 5.75. The number of esters is 1. The van der Waals surface area contributed by atoms with Gasteiger partial charge in [0.2, 0.25) is 0 Å². The summed E-state index contributed by atoms with van der Waals surface area (Å²) >= 11 is 0. The van der Waals surface area contributed by atoms with Gasteiger partial charge >= 0.3 is 5.97 Å². The van der Waals surface area contributed by atoms with E-state index in [4.69, 9.17) is 14.2 Å². The van der Waals surface area contributed by atoms with Crippen LogP contribution in [0.25, 0.3) is 0 Å². The number of hydrogen-bond donors (Lipinski definition) is 4. The van der Waals surface area contributed by atoms with Crippen LogP contribution < -0.4 is 0 Å². The van der Waals surface area contributed by atoms with Crippen LogP contribution in [0.3, 0.4) is 0 Å². The predicted molar refractivity (Wildman–Crippen MR) is 100 cm³/mol. The fourth-order valence-electron chi connectivity index (χ4n) is 6.66. The van der Waals surface area contributed by atoms with Gasteiger partial charge in [0, 0.05) is 5.92 Å². The van der Waals surface area contributed by atoms with Gasteiger partial charge in [-0.15, -0.1) is 0 Å². The summed E-state index contributed by atoms with van der Waals surface area (Å²) in [6.45, 7) is 4.83. The minimum atomic E-state index is -1.44. The van der Waals surface area contributed by atoms with Crippen LogP contribution in [0.2, 0.25) is 0 Å². The van der Waals surface area contributed by atoms with Crippen LogP contribution in [0.4, 0.5) is 0 Å². The normalized spacial score (nSPS) is 52.6. The zero-order chi connectivity index (χ0) is 21.0. The third-order valence-corrected chi connectivity index (χ3v) is 8.33. The van der Waals surface area contributed by atoms with Crippen LogP contribution in [-0.4, -0.2) is 76.9 Å². The van der Waals surface area contributed by atoms with E-state index in [0.29, 0.717) is 19.1 Å². The molecule has 4 fully saturated rings. The SMILES string of the molecule is C[C@]1(CO[C@@H]2O[C@H](CO)[C@@H](O)[C@H](O)[C@H]2O)CCC[C@]2(C)[C@H]3COC(=O)[C@@H]3CC[C@@H]12. The Bertz CT molecular complexity index is 626. The van der Waals surface area contributed by atoms with E-state index in [0.717, 1.165) is 32.1 Å². The van der Waals surface area contributed by atoms with Gasteiger partial charge in [-0.1, -0.05) is 20.3 Å². The summed E-state index contributed by atoms with van der Waals surface area (Å²) in [5.41, 5.74) is -0.163. The average Bonchev–Trinajstić information content (AvgIpc) is 3.08. The Morgan fingerprint density at radius 3 is 2.59 bits per heavy atom. The smallest absolute Gasteiger partial charge is 0.309 e. The van der Waals surface area contributed by atoms with Crippen LogP contribution in [-0.2, 0) is 19.0 Å². The maximum absolute atomic E-state index is 12.1. The molecule has 4 aliphatic rings. The Kier molecular flexibility index (Phi) is 5.72. The Hall–Kier alpha value is -0.770. The first-order chi connectivity index (χ1) is 13.7. The molecule has 0 bridgehead atoms. The Morgan fingerprint density at radius 1 is 1.10 bits per heavy atom. The van der Waals surface area contributed by atoms with Crippen LogP contribution >= 0.6 is 0 Å². The van der Waals surface area contributed by atoms with E-state index >= 15 is 0 Å². The van der Waals surface area contributed by atoms with Crippen molar-refractivity contribution in [3.05, 3.63) is 0 Å². The molecule has 2 heterocycles. The fraction of sp³-hybridized carbons (Fsp3) is 0.952. The number of aliphatic hydroxyl groups is 4. The molecule has 4 rings (SSSR count). The maximum Gasteiger partial charge on any atom is 0.309 e. The summed E-state index contributed by atoms with van der Waals surface area (Å²) in [7, 11) is 0. The Balaban J connectivity index is 1.48. The van der Waals surface area contributed by atoms with Crippen LogP contribution in [0.1, 0.15) is 46.0 Å². The van der Waals surface area contributed by atoms with Gasteiger partial charge in [-0.05, 0) is 42.4 Å². The molecule has 10 atom stereocenters. The third kappa shape index (κ3) is 3.42. The summed E-state index contributed by atoms with van der Waals surface area (Å²) in [5.74, 6) is 0.537. The van der Waals surface area contributed by atoms with E-state index in [9.17, 15) is 25.2 Å². The number of ether oxygens (including phenoxy) is 3. The molecule has 0 aromatic carbocycles. The average molecular weight is 414 g/mol. The van der Waals surface area contributed by atoms with Gasteiger partial charge in [0.25, 0.3) is 0 Å². The van der Waals surface area contributed by atoms with Crippen molar-refractivity contribution in [2.45, 2.75) is 76.7 Å². The molecule has 0 aromatic rings. The molecule has 8 nitrogen and oxygen atoms in total. The predicted octanol–water partition coefficient (Wildman–Crippen LogP) is 0.199. The van der Waals surface area contributed by atoms with Gasteiger partial charge in [-0.2, -0.15) is 0 Å². The minimum absolute atomic E-state index is 0.000810. The standard InChI is InChI=1S/C21H34O8/c1-20(10-28-19-17(25)16(24)15(23)13(8-22)29-19)6-3-7-21(2)12-9-27-18(26)11(12)4-5-14(20)21/h11-17,19,22-25H,3-10H2,1-2H3/t11-,12+,13-,14+,15-,16+,17-,19-,20-,21-/m1/s1. The Morgan fingerprint density at radius 2 is 1.86 bits per heavy atom. The maximum atomic E-state index is 12.1. The molecule has 0 aromatic heterocycles. The van der Waals surface area contributed by atoms with Gasteiger partial charge in [-0.25, -0.2) is 0 Å². The van der Waals surface area contributed by atoms with Crippen molar-refractivity contribution >= 4 is 5.97 Å². The van der Waals surface area contributed by atoms with Crippen molar-refractivity contribution in [3.8, 4) is 0 Å². The first-order valence-corrected chi connectivity index (χ1v) is 10.8. The lowest BCUT2D eigenvalue weighted by Crippen LogP contribution is -2.60. The molecular weight excluding hydrogens is 380 g/mol. The number of aliphatic hydroxyl groups excluding tert-OH is 4. The van der Waals surface area contributed by atoms with Gasteiger partial charge in [-0.3, -0.25) is 4.79 Å². The zero-order valence-corrected chi connectivity index (χ0v) is 17.2. The molecule has 2 saturated heterocycles. The number of fused-ring (bicyclic) bond motifs is 3. The molecule has 0 amide bonds. The second-order valence-electron chi connectivity index (χ2n) is 9.99.